The third kappa shape index (κ3) is 4.92. The van der Waals surface area contributed by atoms with Crippen LogP contribution < -0.4 is 5.32 Å². The molecule has 0 radical (unpaired) electrons. The topological polar surface area (TPSA) is 109 Å². The van der Waals surface area contributed by atoms with Crippen LogP contribution in [0.2, 0.25) is 0 Å². The molecule has 9 heteroatoms. The number of aliphatic carboxylic acids is 1. The second-order valence-corrected chi connectivity index (χ2v) is 5.85. The second kappa shape index (κ2) is 7.54. The molecule has 1 unspecified atom stereocenters. The van der Waals surface area contributed by atoms with E-state index >= 15 is 0 Å². The first kappa shape index (κ1) is 16.7. The van der Waals surface area contributed by atoms with Gasteiger partial charge in [0.2, 0.25) is 5.13 Å². The summed E-state index contributed by atoms with van der Waals surface area (Å²) in [5.41, 5.74) is 0. The first-order valence-electron chi connectivity index (χ1n) is 6.75. The fourth-order valence-corrected chi connectivity index (χ4v) is 2.29. The van der Waals surface area contributed by atoms with Gasteiger partial charge in [0.15, 0.2) is 0 Å². The molecule has 2 heterocycles. The molecule has 122 valence electrons. The number of carbonyl (C=O) groups is 2. The number of rotatable bonds is 6. The Balaban J connectivity index is 1.90. The van der Waals surface area contributed by atoms with Gasteiger partial charge in [-0.1, -0.05) is 18.3 Å². The summed E-state index contributed by atoms with van der Waals surface area (Å²) in [7, 11) is 1.52. The Morgan fingerprint density at radius 1 is 1.48 bits per heavy atom. The molecule has 2 amide bonds. The molecule has 0 aliphatic carbocycles. The van der Waals surface area contributed by atoms with Gasteiger partial charge >= 0.3 is 12.0 Å². The summed E-state index contributed by atoms with van der Waals surface area (Å²) in [6, 6.07) is 3.15. The molecule has 0 aromatic carbocycles. The average molecular weight is 336 g/mol. The van der Waals surface area contributed by atoms with Gasteiger partial charge in [0, 0.05) is 13.6 Å². The number of carboxylic acids is 1. The Morgan fingerprint density at radius 3 is 2.91 bits per heavy atom. The van der Waals surface area contributed by atoms with Crippen molar-refractivity contribution in [1.82, 2.24) is 15.1 Å². The summed E-state index contributed by atoms with van der Waals surface area (Å²) in [5, 5.41) is 20.2. The number of urea groups is 1. The van der Waals surface area contributed by atoms with Crippen molar-refractivity contribution in [2.75, 3.05) is 18.9 Å². The number of aromatic nitrogens is 2. The highest BCUT2D eigenvalue weighted by Gasteiger charge is 2.18. The predicted octanol–water partition coefficient (Wildman–Crippen LogP) is 2.49. The number of nitrogens with one attached hydrogen (secondary N) is 1. The minimum absolute atomic E-state index is 0.102. The molecule has 2 N–H and O–H groups in total. The molecule has 0 bridgehead atoms. The lowest BCUT2D eigenvalue weighted by Gasteiger charge is -2.18. The van der Waals surface area contributed by atoms with E-state index in [0.717, 1.165) is 0 Å². The van der Waals surface area contributed by atoms with Gasteiger partial charge in [0.05, 0.1) is 12.2 Å². The molecule has 2 rings (SSSR count). The summed E-state index contributed by atoms with van der Waals surface area (Å²) >= 11 is 1.20. The lowest BCUT2D eigenvalue weighted by atomic mass is 10.2. The van der Waals surface area contributed by atoms with E-state index in [9.17, 15) is 9.59 Å². The molecule has 23 heavy (non-hydrogen) atoms. The molecule has 2 aromatic rings. The zero-order valence-corrected chi connectivity index (χ0v) is 13.4. The summed E-state index contributed by atoms with van der Waals surface area (Å²) in [6.45, 7) is 1.64. The minimum atomic E-state index is -0.953. The van der Waals surface area contributed by atoms with Crippen molar-refractivity contribution in [2.45, 2.75) is 6.92 Å². The number of carbonyl (C=O) groups excluding carboxylic acids is 1. The van der Waals surface area contributed by atoms with Crippen LogP contribution in [-0.4, -0.2) is 45.8 Å². The van der Waals surface area contributed by atoms with Crippen molar-refractivity contribution in [1.29, 1.82) is 0 Å². The lowest BCUT2D eigenvalue weighted by Crippen LogP contribution is -2.36. The van der Waals surface area contributed by atoms with Crippen molar-refractivity contribution in [3.8, 4) is 0 Å². The van der Waals surface area contributed by atoms with Gasteiger partial charge < -0.3 is 14.4 Å². The van der Waals surface area contributed by atoms with Crippen LogP contribution in [0.3, 0.4) is 0 Å². The zero-order valence-electron chi connectivity index (χ0n) is 12.6. The maximum atomic E-state index is 12.0. The number of hydrogen-bond donors (Lipinski definition) is 2. The highest BCUT2D eigenvalue weighted by molar-refractivity contribution is 7.16. The van der Waals surface area contributed by atoms with Gasteiger partial charge in [0.1, 0.15) is 10.8 Å². The van der Waals surface area contributed by atoms with Crippen LogP contribution in [-0.2, 0) is 4.79 Å². The van der Waals surface area contributed by atoms with Crippen molar-refractivity contribution < 1.29 is 19.1 Å². The number of carboxylic acid groups (broad SMARTS) is 1. The maximum absolute atomic E-state index is 12.0. The van der Waals surface area contributed by atoms with Crippen molar-refractivity contribution in [2.24, 2.45) is 5.92 Å². The monoisotopic (exact) mass is 336 g/mol. The Kier molecular flexibility index (Phi) is 5.47. The van der Waals surface area contributed by atoms with Crippen molar-refractivity contribution in [3.63, 3.8) is 0 Å². The van der Waals surface area contributed by atoms with Gasteiger partial charge in [-0.2, -0.15) is 0 Å². The van der Waals surface area contributed by atoms with E-state index in [1.54, 1.807) is 30.5 Å². The molecule has 0 aliphatic heterocycles. The molecule has 0 fully saturated rings. The quantitative estimate of drug-likeness (QED) is 0.839. The van der Waals surface area contributed by atoms with E-state index in [0.29, 0.717) is 15.9 Å². The number of hydrogen-bond acceptors (Lipinski definition) is 6. The van der Waals surface area contributed by atoms with Crippen LogP contribution >= 0.6 is 11.3 Å². The summed E-state index contributed by atoms with van der Waals surface area (Å²) in [6.07, 6.45) is 5.04. The number of anilines is 1. The highest BCUT2D eigenvalue weighted by Crippen LogP contribution is 2.18. The van der Waals surface area contributed by atoms with E-state index in [1.807, 2.05) is 0 Å². The fourth-order valence-electron chi connectivity index (χ4n) is 1.65. The lowest BCUT2D eigenvalue weighted by molar-refractivity contribution is -0.141. The van der Waals surface area contributed by atoms with Crippen LogP contribution in [0.1, 0.15) is 17.7 Å². The van der Waals surface area contributed by atoms with Crippen molar-refractivity contribution in [3.05, 3.63) is 29.2 Å². The molecule has 0 spiro atoms. The van der Waals surface area contributed by atoms with Crippen LogP contribution in [0.4, 0.5) is 9.93 Å². The molecule has 1 atom stereocenters. The predicted molar refractivity (Wildman–Crippen MR) is 86.0 cm³/mol. The van der Waals surface area contributed by atoms with E-state index in [-0.39, 0.29) is 6.54 Å². The molecular weight excluding hydrogens is 320 g/mol. The number of amides is 2. The highest BCUT2D eigenvalue weighted by atomic mass is 32.1. The first-order valence-corrected chi connectivity index (χ1v) is 7.57. The molecule has 8 nitrogen and oxygen atoms in total. The summed E-state index contributed by atoms with van der Waals surface area (Å²) in [5.74, 6) is -0.911. The van der Waals surface area contributed by atoms with E-state index in [1.165, 1.54) is 30.2 Å². The first-order chi connectivity index (χ1) is 11.0. The third-order valence-corrected chi connectivity index (χ3v) is 3.71. The number of nitrogens with zero attached hydrogens (tertiary/aromatic N) is 3. The van der Waals surface area contributed by atoms with Crippen LogP contribution in [0.25, 0.3) is 12.2 Å². The van der Waals surface area contributed by atoms with Gasteiger partial charge in [-0.25, -0.2) is 4.79 Å². The Labute approximate surface area is 136 Å². The van der Waals surface area contributed by atoms with Crippen LogP contribution in [0.5, 0.6) is 0 Å². The van der Waals surface area contributed by atoms with Gasteiger partial charge in [-0.3, -0.25) is 10.1 Å². The van der Waals surface area contributed by atoms with Crippen LogP contribution in [0, 0.1) is 5.92 Å². The fraction of sp³-hybridized carbons (Fsp3) is 0.286. The smallest absolute Gasteiger partial charge is 0.323 e. The summed E-state index contributed by atoms with van der Waals surface area (Å²) < 4.78 is 5.16. The SMILES string of the molecule is CC(CN(C)C(=O)Nc1nnc(/C=C/c2ccco2)s1)C(=O)O. The Morgan fingerprint density at radius 2 is 2.26 bits per heavy atom. The molecule has 2 aromatic heterocycles. The second-order valence-electron chi connectivity index (χ2n) is 4.84. The van der Waals surface area contributed by atoms with Crippen LogP contribution in [0.15, 0.2) is 22.8 Å². The van der Waals surface area contributed by atoms with E-state index in [2.05, 4.69) is 15.5 Å². The normalized spacial score (nSPS) is 12.3. The van der Waals surface area contributed by atoms with E-state index < -0.39 is 17.9 Å². The molecule has 0 saturated carbocycles. The largest absolute Gasteiger partial charge is 0.481 e. The average Bonchev–Trinajstić information content (AvgIpc) is 3.16. The summed E-state index contributed by atoms with van der Waals surface area (Å²) in [4.78, 5) is 24.0. The minimum Gasteiger partial charge on any atom is -0.481 e. The van der Waals surface area contributed by atoms with Gasteiger partial charge in [-0.15, -0.1) is 10.2 Å². The molecule has 0 saturated heterocycles. The van der Waals surface area contributed by atoms with E-state index in [4.69, 9.17) is 9.52 Å². The standard InChI is InChI=1S/C14H16N4O4S/c1-9(12(19)20)8-18(2)14(21)15-13-17-16-11(23-13)6-5-10-4-3-7-22-10/h3-7,9H,8H2,1-2H3,(H,19,20)(H,15,17,21)/b6-5+. The zero-order chi connectivity index (χ0) is 16.8. The Hall–Kier alpha value is -2.68. The third-order valence-electron chi connectivity index (χ3n) is 2.90. The molecule has 0 aliphatic rings. The van der Waals surface area contributed by atoms with Crippen molar-refractivity contribution >= 4 is 40.6 Å². The molecular formula is C14H16N4O4S. The van der Waals surface area contributed by atoms with Gasteiger partial charge in [0.25, 0.3) is 0 Å². The Bertz CT molecular complexity index is 695. The van der Waals surface area contributed by atoms with Gasteiger partial charge in [-0.05, 0) is 24.3 Å². The maximum Gasteiger partial charge on any atom is 0.323 e. The number of furan rings is 1.